The third-order valence-electron chi connectivity index (χ3n) is 6.94. The van der Waals surface area contributed by atoms with Crippen molar-refractivity contribution in [1.82, 2.24) is 4.90 Å². The molecule has 1 radical (unpaired) electrons. The Hall–Kier alpha value is -3.75. The van der Waals surface area contributed by atoms with Gasteiger partial charge in [-0.1, -0.05) is 117 Å². The summed E-state index contributed by atoms with van der Waals surface area (Å²) in [4.78, 5) is 39.6. The van der Waals surface area contributed by atoms with Gasteiger partial charge in [-0.05, 0) is 40.1 Å². The maximum absolute atomic E-state index is 13.1. The first kappa shape index (κ1) is 29.7. The summed E-state index contributed by atoms with van der Waals surface area (Å²) < 4.78 is 6.99. The van der Waals surface area contributed by atoms with E-state index in [2.05, 4.69) is 29.6 Å². The molecule has 1 aliphatic rings. The largest absolute Gasteiger partial charge is 0.400 e. The predicted octanol–water partition coefficient (Wildman–Crippen LogP) is 6.14. The Balaban J connectivity index is 1.44. The Morgan fingerprint density at radius 3 is 1.81 bits per heavy atom. The van der Waals surface area contributed by atoms with Gasteiger partial charge in [0.2, 0.25) is 5.91 Å². The number of rotatable bonds is 8. The molecule has 42 heavy (non-hydrogen) atoms. The van der Waals surface area contributed by atoms with Gasteiger partial charge in [0.05, 0.1) is 27.9 Å². The lowest BCUT2D eigenvalue weighted by atomic mass is 9.84. The minimum atomic E-state index is -1.74. The zero-order valence-electron chi connectivity index (χ0n) is 23.4. The third kappa shape index (κ3) is 6.05. The Morgan fingerprint density at radius 1 is 0.810 bits per heavy atom. The van der Waals surface area contributed by atoms with Gasteiger partial charge >= 0.3 is 0 Å². The molecular weight excluding hydrogens is 587 g/mol. The Labute approximate surface area is 256 Å². The highest BCUT2D eigenvalue weighted by atomic mass is 35.5. The molecule has 1 N–H and O–H groups in total. The van der Waals surface area contributed by atoms with Crippen LogP contribution in [-0.4, -0.2) is 38.2 Å². The summed E-state index contributed by atoms with van der Waals surface area (Å²) in [5.41, 5.74) is 0.987. The fourth-order valence-corrected chi connectivity index (χ4v) is 7.81. The lowest BCUT2D eigenvalue weighted by Gasteiger charge is -2.35. The maximum atomic E-state index is 13.1. The van der Waals surface area contributed by atoms with Gasteiger partial charge in [-0.25, -0.2) is 0 Å². The smallest absolute Gasteiger partial charge is 0.283 e. The summed E-state index contributed by atoms with van der Waals surface area (Å²) in [6.45, 7) is 5.70. The minimum Gasteiger partial charge on any atom is -0.400 e. The fourth-order valence-electron chi connectivity index (χ4n) is 4.89. The first-order valence-electron chi connectivity index (χ1n) is 13.4. The number of halogens is 2. The van der Waals surface area contributed by atoms with E-state index in [9.17, 15) is 14.4 Å². The van der Waals surface area contributed by atoms with E-state index in [1.165, 1.54) is 0 Å². The number of nitrogens with zero attached hydrogens (tertiary/aromatic N) is 1. The summed E-state index contributed by atoms with van der Waals surface area (Å²) in [6.07, 6.45) is -0.542. The number of nitrogens with one attached hydrogen (secondary N) is 1. The number of benzene rings is 4. The molecule has 1 heterocycles. The third-order valence-corrected chi connectivity index (χ3v) is 9.86. The zero-order valence-corrected chi connectivity index (χ0v) is 25.9. The van der Waals surface area contributed by atoms with Crippen LogP contribution in [0.15, 0.2) is 97.1 Å². The van der Waals surface area contributed by atoms with Crippen molar-refractivity contribution < 1.29 is 18.8 Å². The molecule has 3 amide bonds. The lowest BCUT2D eigenvalue weighted by Crippen LogP contribution is -2.47. The second-order valence-electron chi connectivity index (χ2n) is 11.0. The fraction of sp³-hybridized carbons (Fsp3) is 0.182. The molecule has 1 aliphatic heterocycles. The van der Waals surface area contributed by atoms with E-state index in [1.54, 1.807) is 36.4 Å². The van der Waals surface area contributed by atoms with Crippen LogP contribution in [0.25, 0.3) is 0 Å². The number of carbonyl (C=O) groups is 3. The number of hydrogen-bond acceptors (Lipinski definition) is 4. The summed E-state index contributed by atoms with van der Waals surface area (Å²) >= 11 is 13.7. The van der Waals surface area contributed by atoms with Gasteiger partial charge in [0.15, 0.2) is 0 Å². The molecule has 213 valence electrons. The maximum Gasteiger partial charge on any atom is 0.283 e. The van der Waals surface area contributed by atoms with Gasteiger partial charge in [-0.3, -0.25) is 19.3 Å². The van der Waals surface area contributed by atoms with Crippen LogP contribution >= 0.6 is 23.2 Å². The first-order chi connectivity index (χ1) is 20.1. The van der Waals surface area contributed by atoms with Gasteiger partial charge in [-0.2, -0.15) is 0 Å². The monoisotopic (exact) mass is 615 g/mol. The number of amides is 3. The molecule has 0 spiro atoms. The second kappa shape index (κ2) is 12.2. The minimum absolute atomic E-state index is 0.237. The summed E-state index contributed by atoms with van der Waals surface area (Å²) in [6, 6.07) is 29.9. The van der Waals surface area contributed by atoms with Crippen molar-refractivity contribution in [3.8, 4) is 0 Å². The van der Waals surface area contributed by atoms with Crippen LogP contribution in [0.2, 0.25) is 10.0 Å². The summed E-state index contributed by atoms with van der Waals surface area (Å²) in [5, 5.41) is 5.55. The molecule has 0 bridgehead atoms. The van der Waals surface area contributed by atoms with Crippen molar-refractivity contribution in [3.63, 3.8) is 0 Å². The van der Waals surface area contributed by atoms with Crippen molar-refractivity contribution in [2.75, 3.05) is 11.9 Å². The average Bonchev–Trinajstić information content (AvgIpc) is 3.21. The second-order valence-corrected chi connectivity index (χ2v) is 13.9. The highest BCUT2D eigenvalue weighted by molar-refractivity contribution is 6.80. The van der Waals surface area contributed by atoms with Gasteiger partial charge < -0.3 is 9.74 Å². The molecule has 1 unspecified atom stereocenters. The molecule has 5 rings (SSSR count). The standard InChI is InChI=1S/C33H29Cl2N2O4Si/c1-33(2,3)30(41-42(21-12-6-4-7-13-21)22-14-8-5-9-15-22)28-25(34)18-19-26(29(28)35)36-27(38)20-37-31(39)23-16-10-11-17-24(23)32(37)40/h4-19,30H,20H2,1-3H3,(H,36,38). The van der Waals surface area contributed by atoms with E-state index >= 15 is 0 Å². The molecule has 4 aromatic rings. The molecule has 4 aromatic carbocycles. The summed E-state index contributed by atoms with van der Waals surface area (Å²) in [5.74, 6) is -1.58. The van der Waals surface area contributed by atoms with Crippen molar-refractivity contribution in [3.05, 3.63) is 124 Å². The Morgan fingerprint density at radius 2 is 1.31 bits per heavy atom. The van der Waals surface area contributed by atoms with Crippen LogP contribution in [0.5, 0.6) is 0 Å². The molecule has 0 aliphatic carbocycles. The number of carbonyl (C=O) groups excluding carboxylic acids is 3. The van der Waals surface area contributed by atoms with Crippen LogP contribution in [0.3, 0.4) is 0 Å². The normalized spacial score (nSPS) is 13.8. The van der Waals surface area contributed by atoms with E-state index in [-0.39, 0.29) is 16.1 Å². The van der Waals surface area contributed by atoms with Crippen molar-refractivity contribution in [2.45, 2.75) is 26.9 Å². The molecule has 0 fully saturated rings. The highest BCUT2D eigenvalue weighted by Crippen LogP contribution is 2.45. The summed E-state index contributed by atoms with van der Waals surface area (Å²) in [7, 11) is -1.74. The molecule has 0 aromatic heterocycles. The SMILES string of the molecule is CC(C)(C)C(O[Si](c1ccccc1)c1ccccc1)c1c(Cl)ccc(NC(=O)CN2C(=O)c3ccccc3C2=O)c1Cl. The number of fused-ring (bicyclic) bond motifs is 1. The van der Waals surface area contributed by atoms with Gasteiger partial charge in [0, 0.05) is 10.6 Å². The number of hydrogen-bond donors (Lipinski definition) is 1. The van der Waals surface area contributed by atoms with Crippen LogP contribution < -0.4 is 15.7 Å². The van der Waals surface area contributed by atoms with Crippen LogP contribution in [0, 0.1) is 5.41 Å². The first-order valence-corrected chi connectivity index (χ1v) is 15.6. The molecule has 0 saturated heterocycles. The molecule has 6 nitrogen and oxygen atoms in total. The average molecular weight is 617 g/mol. The van der Waals surface area contributed by atoms with Crippen molar-refractivity contribution in [2.24, 2.45) is 5.41 Å². The van der Waals surface area contributed by atoms with Gasteiger partial charge in [-0.15, -0.1) is 0 Å². The van der Waals surface area contributed by atoms with Crippen molar-refractivity contribution >= 4 is 66.0 Å². The number of imide groups is 1. The van der Waals surface area contributed by atoms with Crippen molar-refractivity contribution in [1.29, 1.82) is 0 Å². The molecule has 1 atom stereocenters. The van der Waals surface area contributed by atoms with Crippen LogP contribution in [0.4, 0.5) is 5.69 Å². The van der Waals surface area contributed by atoms with Gasteiger partial charge in [0.25, 0.3) is 20.9 Å². The van der Waals surface area contributed by atoms with E-state index in [4.69, 9.17) is 27.6 Å². The lowest BCUT2D eigenvalue weighted by molar-refractivity contribution is -0.116. The number of anilines is 1. The Kier molecular flexibility index (Phi) is 8.66. The zero-order chi connectivity index (χ0) is 30.0. The topological polar surface area (TPSA) is 75.7 Å². The van der Waals surface area contributed by atoms with E-state index in [0.29, 0.717) is 16.3 Å². The van der Waals surface area contributed by atoms with E-state index in [0.717, 1.165) is 15.3 Å². The quantitative estimate of drug-likeness (QED) is 0.191. The van der Waals surface area contributed by atoms with Gasteiger partial charge in [0.1, 0.15) is 6.54 Å². The van der Waals surface area contributed by atoms with E-state index in [1.807, 2.05) is 57.2 Å². The van der Waals surface area contributed by atoms with E-state index < -0.39 is 44.8 Å². The van der Waals surface area contributed by atoms with Crippen LogP contribution in [0.1, 0.15) is 53.2 Å². The molecule has 9 heteroatoms. The molecule has 0 saturated carbocycles. The predicted molar refractivity (Wildman–Crippen MR) is 168 cm³/mol. The Bertz CT molecular complexity index is 1570. The highest BCUT2D eigenvalue weighted by Gasteiger charge is 2.38. The van der Waals surface area contributed by atoms with Crippen LogP contribution in [-0.2, 0) is 9.22 Å². The molecular formula is C33H29Cl2N2O4Si.